The van der Waals surface area contributed by atoms with E-state index in [4.69, 9.17) is 19.3 Å². The minimum Gasteiger partial charge on any atom is -0.362 e. The third-order valence-electron chi connectivity index (χ3n) is 12.2. The fourth-order valence-corrected chi connectivity index (χ4v) is 9.02. The summed E-state index contributed by atoms with van der Waals surface area (Å²) in [6.07, 6.45) is 48.3. The standard InChI is InChI=1S/C61H58N4.C3H8.C2H6/c1-10-15-16-26-44-62(57-32-19-17-18-28-53(57)45(6)12-3)46(7)36-37-47(8)63(48(9)38-39-49(13-4)64-58(27-11-2)52(14-5)54-29-20-23-33-59(54)64)50-40-42-51(43-41-50)65-60-34-24-21-30-55(60)56-31-22-25-35-61(56)65;1-3-2;1-2/h1,3-4,11,14,16-27,29-43,45-47H,5,15,28,44H2,2,6-9H3;3H2,1-2H3;1-2H3/b26-16-,27-11-,37-36-,48-38+,49-39+;;. The molecule has 0 saturated carbocycles. The fourth-order valence-electron chi connectivity index (χ4n) is 9.02. The predicted octanol–water partition coefficient (Wildman–Crippen LogP) is 17.0. The molecule has 70 heavy (non-hydrogen) atoms. The number of anilines is 1. The van der Waals surface area contributed by atoms with E-state index in [2.05, 4.69) is 243 Å². The van der Waals surface area contributed by atoms with Crippen LogP contribution in [-0.4, -0.2) is 32.7 Å². The summed E-state index contributed by atoms with van der Waals surface area (Å²) in [5.74, 6) is 8.73. The Morgan fingerprint density at radius 1 is 0.771 bits per heavy atom. The van der Waals surface area contributed by atoms with Crippen molar-refractivity contribution < 1.29 is 0 Å². The number of para-hydroxylation sites is 3. The molecular weight excluding hydrogens is 849 g/mol. The molecule has 4 heteroatoms. The van der Waals surface area contributed by atoms with Gasteiger partial charge >= 0.3 is 0 Å². The first-order chi connectivity index (χ1) is 34.2. The average Bonchev–Trinajstić information content (AvgIpc) is 3.76. The third kappa shape index (κ3) is 12.1. The van der Waals surface area contributed by atoms with Gasteiger partial charge in [0.15, 0.2) is 0 Å². The maximum absolute atomic E-state index is 6.37. The smallest absolute Gasteiger partial charge is 0.0968 e. The highest BCUT2D eigenvalue weighted by Crippen LogP contribution is 2.35. The van der Waals surface area contributed by atoms with Crippen LogP contribution >= 0.6 is 0 Å². The molecule has 0 N–H and O–H groups in total. The van der Waals surface area contributed by atoms with Crippen LogP contribution in [0.25, 0.3) is 56.2 Å². The summed E-state index contributed by atoms with van der Waals surface area (Å²) in [5.41, 5.74) is 11.7. The van der Waals surface area contributed by atoms with Crippen molar-refractivity contribution in [1.82, 2.24) is 14.0 Å². The minimum atomic E-state index is -0.0582. The van der Waals surface area contributed by atoms with E-state index >= 15 is 0 Å². The summed E-state index contributed by atoms with van der Waals surface area (Å²) in [4.78, 5) is 4.79. The minimum absolute atomic E-state index is 0.0126. The van der Waals surface area contributed by atoms with E-state index in [9.17, 15) is 0 Å². The zero-order chi connectivity index (χ0) is 50.6. The number of nitrogens with zero attached hydrogens (tertiary/aromatic N) is 4. The molecule has 0 spiro atoms. The second-order valence-corrected chi connectivity index (χ2v) is 17.0. The SMILES string of the molecule is C#CC/C=C\CN(C1=C(C(C)C#C)CC=CC=C1)C(C)/C=C\C(C)N(/C(C)=C/C=C(\C#C)n1c(/C=C\C)c(C=C)c2ccccc21)c1ccc(-n2c3ccccc3c3ccccc32)cc1.CC.CCC. The lowest BCUT2D eigenvalue weighted by atomic mass is 9.95. The van der Waals surface area contributed by atoms with Crippen LogP contribution in [0.15, 0.2) is 187 Å². The lowest BCUT2D eigenvalue weighted by Crippen LogP contribution is -2.34. The van der Waals surface area contributed by atoms with Gasteiger partial charge in [0.25, 0.3) is 0 Å². The number of hydrogen-bond donors (Lipinski definition) is 0. The van der Waals surface area contributed by atoms with Crippen molar-refractivity contribution in [3.63, 3.8) is 0 Å². The highest BCUT2D eigenvalue weighted by molar-refractivity contribution is 6.09. The van der Waals surface area contributed by atoms with Crippen molar-refractivity contribution >= 4 is 56.2 Å². The Morgan fingerprint density at radius 2 is 1.37 bits per heavy atom. The Morgan fingerprint density at radius 3 is 1.96 bits per heavy atom. The lowest BCUT2D eigenvalue weighted by molar-refractivity contribution is 0.342. The highest BCUT2D eigenvalue weighted by Gasteiger charge is 2.22. The van der Waals surface area contributed by atoms with Crippen LogP contribution in [0.1, 0.15) is 92.8 Å². The van der Waals surface area contributed by atoms with Crippen LogP contribution in [-0.2, 0) is 0 Å². The zero-order valence-corrected chi connectivity index (χ0v) is 43.0. The maximum atomic E-state index is 6.37. The van der Waals surface area contributed by atoms with Gasteiger partial charge in [0, 0.05) is 75.5 Å². The molecule has 7 rings (SSSR count). The van der Waals surface area contributed by atoms with Crippen molar-refractivity contribution in [2.75, 3.05) is 11.4 Å². The van der Waals surface area contributed by atoms with Crippen molar-refractivity contribution in [3.8, 4) is 42.7 Å². The fraction of sp³-hybridized carbons (Fsp3) is 0.242. The van der Waals surface area contributed by atoms with Crippen LogP contribution in [0.3, 0.4) is 0 Å². The average molecular weight is 921 g/mol. The molecule has 0 fully saturated rings. The third-order valence-corrected chi connectivity index (χ3v) is 12.2. The summed E-state index contributed by atoms with van der Waals surface area (Å²) >= 11 is 0. The van der Waals surface area contributed by atoms with Gasteiger partial charge in [-0.1, -0.05) is 162 Å². The Balaban J connectivity index is 0.00000176. The van der Waals surface area contributed by atoms with E-state index < -0.39 is 0 Å². The second kappa shape index (κ2) is 26.6. The largest absolute Gasteiger partial charge is 0.362 e. The Kier molecular flexibility index (Phi) is 20.2. The summed E-state index contributed by atoms with van der Waals surface area (Å²) in [6.45, 7) is 23.9. The molecule has 0 radical (unpaired) electrons. The van der Waals surface area contributed by atoms with Gasteiger partial charge in [0.05, 0.1) is 27.9 Å². The summed E-state index contributed by atoms with van der Waals surface area (Å²) in [6, 6.07) is 34.4. The lowest BCUT2D eigenvalue weighted by Gasteiger charge is -2.34. The van der Waals surface area contributed by atoms with Crippen LogP contribution in [0.5, 0.6) is 0 Å². The number of hydrogen-bond acceptors (Lipinski definition) is 2. The van der Waals surface area contributed by atoms with E-state index in [0.29, 0.717) is 13.0 Å². The van der Waals surface area contributed by atoms with Gasteiger partial charge in [0.2, 0.25) is 0 Å². The molecule has 3 atom stereocenters. The van der Waals surface area contributed by atoms with E-state index in [1.165, 1.54) is 33.8 Å². The van der Waals surface area contributed by atoms with Crippen molar-refractivity contribution in [1.29, 1.82) is 0 Å². The Labute approximate surface area is 420 Å². The van der Waals surface area contributed by atoms with Gasteiger partial charge in [-0.2, -0.15) is 0 Å². The molecule has 6 aromatic rings. The van der Waals surface area contributed by atoms with Gasteiger partial charge in [-0.3, -0.25) is 0 Å². The Bertz CT molecular complexity index is 3050. The molecule has 0 saturated heterocycles. The van der Waals surface area contributed by atoms with Crippen LogP contribution in [0.2, 0.25) is 0 Å². The van der Waals surface area contributed by atoms with Crippen molar-refractivity contribution in [3.05, 3.63) is 199 Å². The normalized spacial score (nSPS) is 14.1. The van der Waals surface area contributed by atoms with Crippen molar-refractivity contribution in [2.24, 2.45) is 5.92 Å². The quantitative estimate of drug-likeness (QED) is 0.0546. The molecule has 0 amide bonds. The first-order valence-electron chi connectivity index (χ1n) is 24.8. The van der Waals surface area contributed by atoms with Gasteiger partial charge in [-0.25, -0.2) is 0 Å². The molecule has 4 aromatic carbocycles. The highest BCUT2D eigenvalue weighted by atomic mass is 15.2. The van der Waals surface area contributed by atoms with Gasteiger partial charge in [-0.05, 0) is 113 Å². The molecule has 2 heterocycles. The van der Waals surface area contributed by atoms with E-state index in [1.54, 1.807) is 0 Å². The predicted molar refractivity (Wildman–Crippen MR) is 309 cm³/mol. The zero-order valence-electron chi connectivity index (χ0n) is 43.0. The van der Waals surface area contributed by atoms with Gasteiger partial charge in [-0.15, -0.1) is 25.2 Å². The molecule has 0 aliphatic heterocycles. The van der Waals surface area contributed by atoms with Crippen LogP contribution in [0, 0.1) is 42.9 Å². The number of fused-ring (bicyclic) bond motifs is 4. The summed E-state index contributed by atoms with van der Waals surface area (Å²) in [5, 5.41) is 3.57. The first-order valence-corrected chi connectivity index (χ1v) is 24.8. The van der Waals surface area contributed by atoms with E-state index in [1.807, 2.05) is 39.0 Å². The van der Waals surface area contributed by atoms with E-state index in [0.717, 1.165) is 57.0 Å². The van der Waals surface area contributed by atoms with Crippen LogP contribution in [0.4, 0.5) is 5.69 Å². The number of aromatic nitrogens is 2. The van der Waals surface area contributed by atoms with Gasteiger partial charge < -0.3 is 18.9 Å². The molecule has 4 nitrogen and oxygen atoms in total. The first kappa shape index (κ1) is 53.1. The molecule has 2 aromatic heterocycles. The Hall–Kier alpha value is -7.84. The molecule has 356 valence electrons. The maximum Gasteiger partial charge on any atom is 0.0968 e. The van der Waals surface area contributed by atoms with E-state index in [-0.39, 0.29) is 18.0 Å². The number of rotatable bonds is 16. The van der Waals surface area contributed by atoms with Crippen LogP contribution < -0.4 is 4.90 Å². The summed E-state index contributed by atoms with van der Waals surface area (Å²) < 4.78 is 4.50. The molecule has 1 aliphatic rings. The number of benzene rings is 4. The second-order valence-electron chi connectivity index (χ2n) is 17.0. The summed E-state index contributed by atoms with van der Waals surface area (Å²) in [7, 11) is 0. The molecule has 0 bridgehead atoms. The monoisotopic (exact) mass is 921 g/mol. The molecule has 3 unspecified atom stereocenters. The molecule has 1 aliphatic carbocycles. The topological polar surface area (TPSA) is 16.3 Å². The van der Waals surface area contributed by atoms with Gasteiger partial charge in [0.1, 0.15) is 0 Å². The molecular formula is C66H72N4. The number of terminal acetylenes is 3. The van der Waals surface area contributed by atoms with Crippen molar-refractivity contribution in [2.45, 2.75) is 93.7 Å². The number of allylic oxidation sites excluding steroid dienone is 11.